The molecule has 0 aliphatic heterocycles. The van der Waals surface area contributed by atoms with Gasteiger partial charge in [-0.3, -0.25) is 9.36 Å². The molecule has 0 spiro atoms. The number of tetrazole rings is 1. The number of sulfonamides is 1. The number of nitrogens with zero attached hydrogens (tertiary/aromatic N) is 5. The Hall–Kier alpha value is -3.63. The predicted octanol–water partition coefficient (Wildman–Crippen LogP) is 4.51. The van der Waals surface area contributed by atoms with Crippen LogP contribution in [0.15, 0.2) is 59.4 Å². The lowest BCUT2D eigenvalue weighted by Gasteiger charge is -2.26. The number of rotatable bonds is 10. The second-order valence-electron chi connectivity index (χ2n) is 9.76. The molecule has 9 nitrogen and oxygen atoms in total. The number of para-hydroxylation sites is 1. The largest absolute Gasteiger partial charge is 0.280 e. The highest BCUT2D eigenvalue weighted by atomic mass is 32.2. The van der Waals surface area contributed by atoms with Crippen LogP contribution in [0.25, 0.3) is 28.2 Å². The van der Waals surface area contributed by atoms with E-state index in [1.165, 1.54) is 10.6 Å². The van der Waals surface area contributed by atoms with Gasteiger partial charge >= 0.3 is 0 Å². The van der Waals surface area contributed by atoms with E-state index < -0.39 is 10.0 Å². The minimum absolute atomic E-state index is 0.0116. The summed E-state index contributed by atoms with van der Waals surface area (Å²) < 4.78 is 28.2. The maximum Gasteiger partial charge on any atom is 0.260 e. The standard InChI is InChI=1S/C28H34N6O3S/c1-6-7-12-21-17-20(4)25(18-33(19(2)3)38(5,36)37)28(35)34(21)26-16-11-10-14-23(26)22-13-8-9-15-24(22)27-29-31-32-30-27/h8-11,13-17,19H,6-7,12,18H2,1-5H3,(H,29,30,31,32). The summed E-state index contributed by atoms with van der Waals surface area (Å²) in [6.07, 6.45) is 3.80. The zero-order valence-corrected chi connectivity index (χ0v) is 23.3. The monoisotopic (exact) mass is 534 g/mol. The van der Waals surface area contributed by atoms with Crippen LogP contribution in [0.2, 0.25) is 0 Å². The molecule has 38 heavy (non-hydrogen) atoms. The summed E-state index contributed by atoms with van der Waals surface area (Å²) in [4.78, 5) is 14.3. The molecule has 10 heteroatoms. The summed E-state index contributed by atoms with van der Waals surface area (Å²) >= 11 is 0. The van der Waals surface area contributed by atoms with E-state index in [2.05, 4.69) is 27.5 Å². The number of nitrogens with one attached hydrogen (secondary N) is 1. The number of aryl methyl sites for hydroxylation is 2. The van der Waals surface area contributed by atoms with Crippen LogP contribution >= 0.6 is 0 Å². The number of hydrogen-bond donors (Lipinski definition) is 1. The van der Waals surface area contributed by atoms with Crippen LogP contribution in [0.5, 0.6) is 0 Å². The van der Waals surface area contributed by atoms with E-state index in [9.17, 15) is 13.2 Å². The van der Waals surface area contributed by atoms with Crippen LogP contribution in [0.1, 0.15) is 50.4 Å². The zero-order valence-electron chi connectivity index (χ0n) is 22.5. The first-order valence-electron chi connectivity index (χ1n) is 12.8. The third-order valence-electron chi connectivity index (χ3n) is 6.67. The van der Waals surface area contributed by atoms with Crippen LogP contribution < -0.4 is 5.56 Å². The topological polar surface area (TPSA) is 114 Å². The van der Waals surface area contributed by atoms with Crippen molar-refractivity contribution in [3.05, 3.63) is 81.8 Å². The van der Waals surface area contributed by atoms with E-state index in [-0.39, 0.29) is 18.1 Å². The first-order valence-corrected chi connectivity index (χ1v) is 14.6. The Bertz CT molecular complexity index is 1580. The molecule has 0 bridgehead atoms. The molecule has 2 aromatic carbocycles. The summed E-state index contributed by atoms with van der Waals surface area (Å²) in [6.45, 7) is 7.64. The fraction of sp³-hybridized carbons (Fsp3) is 0.357. The molecule has 0 atom stereocenters. The van der Waals surface area contributed by atoms with Crippen molar-refractivity contribution < 1.29 is 8.42 Å². The van der Waals surface area contributed by atoms with Gasteiger partial charge in [-0.25, -0.2) is 13.5 Å². The molecule has 0 saturated heterocycles. The molecular formula is C28H34N6O3S. The minimum Gasteiger partial charge on any atom is -0.280 e. The van der Waals surface area contributed by atoms with E-state index in [0.29, 0.717) is 11.4 Å². The lowest BCUT2D eigenvalue weighted by atomic mass is 9.96. The lowest BCUT2D eigenvalue weighted by Crippen LogP contribution is -2.39. The van der Waals surface area contributed by atoms with E-state index in [0.717, 1.165) is 52.9 Å². The highest BCUT2D eigenvalue weighted by Gasteiger charge is 2.25. The van der Waals surface area contributed by atoms with Crippen LogP contribution in [-0.2, 0) is 23.0 Å². The summed E-state index contributed by atoms with van der Waals surface area (Å²) in [5, 5.41) is 14.4. The zero-order chi connectivity index (χ0) is 27.4. The van der Waals surface area contributed by atoms with Gasteiger partial charge in [0.05, 0.1) is 11.9 Å². The van der Waals surface area contributed by atoms with Crippen molar-refractivity contribution in [2.24, 2.45) is 0 Å². The third-order valence-corrected chi connectivity index (χ3v) is 8.08. The molecule has 1 N–H and O–H groups in total. The van der Waals surface area contributed by atoms with Gasteiger partial charge in [-0.05, 0) is 67.3 Å². The van der Waals surface area contributed by atoms with Crippen molar-refractivity contribution in [1.82, 2.24) is 29.5 Å². The molecule has 2 aromatic heterocycles. The first-order chi connectivity index (χ1) is 18.1. The number of aromatic amines is 1. The molecule has 0 saturated carbocycles. The van der Waals surface area contributed by atoms with Crippen molar-refractivity contribution in [2.45, 2.75) is 59.5 Å². The number of unbranched alkanes of at least 4 members (excludes halogenated alkanes) is 1. The van der Waals surface area contributed by atoms with Crippen LogP contribution in [0.3, 0.4) is 0 Å². The van der Waals surface area contributed by atoms with Crippen LogP contribution in [0.4, 0.5) is 0 Å². The van der Waals surface area contributed by atoms with Gasteiger partial charge in [0, 0.05) is 35.0 Å². The number of aromatic nitrogens is 5. The molecule has 0 radical (unpaired) electrons. The fourth-order valence-corrected chi connectivity index (χ4v) is 5.90. The van der Waals surface area contributed by atoms with Crippen LogP contribution in [-0.4, -0.2) is 50.2 Å². The molecule has 0 aliphatic rings. The maximum atomic E-state index is 14.3. The average molecular weight is 535 g/mol. The van der Waals surface area contributed by atoms with E-state index in [4.69, 9.17) is 0 Å². The molecule has 4 aromatic rings. The van der Waals surface area contributed by atoms with Gasteiger partial charge in [0.25, 0.3) is 5.56 Å². The van der Waals surface area contributed by atoms with Crippen molar-refractivity contribution in [3.63, 3.8) is 0 Å². The number of benzene rings is 2. The van der Waals surface area contributed by atoms with Crippen molar-refractivity contribution >= 4 is 10.0 Å². The van der Waals surface area contributed by atoms with Gasteiger partial charge in [0.2, 0.25) is 10.0 Å². The van der Waals surface area contributed by atoms with Gasteiger partial charge in [-0.2, -0.15) is 4.31 Å². The average Bonchev–Trinajstić information content (AvgIpc) is 3.41. The van der Waals surface area contributed by atoms with Crippen LogP contribution in [0, 0.1) is 6.92 Å². The Morgan fingerprint density at radius 3 is 2.29 bits per heavy atom. The Labute approximate surface area is 223 Å². The van der Waals surface area contributed by atoms with Gasteiger partial charge < -0.3 is 0 Å². The van der Waals surface area contributed by atoms with Crippen molar-refractivity contribution in [3.8, 4) is 28.2 Å². The number of H-pyrrole nitrogens is 1. The molecule has 2 heterocycles. The lowest BCUT2D eigenvalue weighted by molar-refractivity contribution is 0.348. The number of hydrogen-bond acceptors (Lipinski definition) is 6. The molecular weight excluding hydrogens is 500 g/mol. The second-order valence-corrected chi connectivity index (χ2v) is 11.7. The Morgan fingerprint density at radius 2 is 1.68 bits per heavy atom. The highest BCUT2D eigenvalue weighted by Crippen LogP contribution is 2.34. The van der Waals surface area contributed by atoms with Gasteiger partial charge in [-0.15, -0.1) is 5.10 Å². The quantitative estimate of drug-likeness (QED) is 0.320. The Morgan fingerprint density at radius 1 is 1.03 bits per heavy atom. The third kappa shape index (κ3) is 5.61. The molecule has 0 unspecified atom stereocenters. The minimum atomic E-state index is -3.52. The first kappa shape index (κ1) is 27.4. The summed E-state index contributed by atoms with van der Waals surface area (Å²) in [6, 6.07) is 17.2. The summed E-state index contributed by atoms with van der Waals surface area (Å²) in [5.74, 6) is 0.527. The summed E-state index contributed by atoms with van der Waals surface area (Å²) in [7, 11) is -3.52. The smallest absolute Gasteiger partial charge is 0.260 e. The Kier molecular flexibility index (Phi) is 8.23. The Balaban J connectivity index is 1.98. The van der Waals surface area contributed by atoms with Gasteiger partial charge in [0.15, 0.2) is 5.82 Å². The van der Waals surface area contributed by atoms with E-state index in [1.54, 1.807) is 4.57 Å². The highest BCUT2D eigenvalue weighted by molar-refractivity contribution is 7.88. The van der Waals surface area contributed by atoms with Crippen molar-refractivity contribution in [2.75, 3.05) is 6.26 Å². The fourth-order valence-electron chi connectivity index (χ4n) is 4.77. The maximum absolute atomic E-state index is 14.3. The second kappa shape index (κ2) is 11.4. The summed E-state index contributed by atoms with van der Waals surface area (Å²) in [5.41, 5.74) is 5.18. The number of pyridine rings is 1. The SMILES string of the molecule is CCCCc1cc(C)c(CN(C(C)C)S(C)(=O)=O)c(=O)n1-c1ccccc1-c1ccccc1-c1nnn[nH]1. The molecule has 0 amide bonds. The predicted molar refractivity (Wildman–Crippen MR) is 150 cm³/mol. The van der Waals surface area contributed by atoms with Gasteiger partial charge in [-0.1, -0.05) is 55.8 Å². The molecule has 0 aliphatic carbocycles. The van der Waals surface area contributed by atoms with Gasteiger partial charge in [0.1, 0.15) is 0 Å². The molecule has 200 valence electrons. The van der Waals surface area contributed by atoms with Crippen molar-refractivity contribution in [1.29, 1.82) is 0 Å². The normalized spacial score (nSPS) is 12.0. The van der Waals surface area contributed by atoms with E-state index >= 15 is 0 Å². The molecule has 4 rings (SSSR count). The molecule has 0 fully saturated rings. The van der Waals surface area contributed by atoms with E-state index in [1.807, 2.05) is 75.4 Å².